The molecule has 0 aliphatic carbocycles. The number of anilines is 2. The molecule has 2 aliphatic rings. The van der Waals surface area contributed by atoms with Gasteiger partial charge in [0.05, 0.1) is 26.1 Å². The number of esters is 2. The van der Waals surface area contributed by atoms with Gasteiger partial charge in [-0.3, -0.25) is 9.59 Å². The number of nitrogens with zero attached hydrogens (tertiary/aromatic N) is 2. The van der Waals surface area contributed by atoms with Crippen LogP contribution in [0.5, 0.6) is 11.5 Å². The fraction of sp³-hybridized carbons (Fsp3) is 0.417. The molecule has 2 atom stereocenters. The lowest BCUT2D eigenvalue weighted by molar-refractivity contribution is -0.145. The van der Waals surface area contributed by atoms with Gasteiger partial charge in [0.1, 0.15) is 11.5 Å². The Labute approximate surface area is 194 Å². The first-order chi connectivity index (χ1) is 16.1. The second-order valence-electron chi connectivity index (χ2n) is 8.24. The van der Waals surface area contributed by atoms with Gasteiger partial charge in [0.25, 0.3) is 0 Å². The fourth-order valence-corrected chi connectivity index (χ4v) is 4.35. The van der Waals surface area contributed by atoms with Crippen LogP contribution in [0.4, 0.5) is 11.4 Å². The summed E-state index contributed by atoms with van der Waals surface area (Å²) in [7, 11) is 4.16. The summed E-state index contributed by atoms with van der Waals surface area (Å²) < 4.78 is 21.1. The first-order valence-corrected chi connectivity index (χ1v) is 11.1. The average Bonchev–Trinajstić information content (AvgIpc) is 3.54. The predicted molar refractivity (Wildman–Crippen MR) is 125 cm³/mol. The average molecular weight is 451 g/mol. The molecule has 2 heterocycles. The highest BCUT2D eigenvalue weighted by molar-refractivity contribution is 6.20. The van der Waals surface area contributed by atoms with Gasteiger partial charge in [-0.1, -0.05) is 12.1 Å². The molecule has 2 aromatic carbocycles. The van der Waals surface area contributed by atoms with Gasteiger partial charge in [0, 0.05) is 49.7 Å². The number of ether oxygens (including phenoxy) is 2. The minimum absolute atomic E-state index is 0.0970. The van der Waals surface area contributed by atoms with Gasteiger partial charge >= 0.3 is 19.6 Å². The van der Waals surface area contributed by atoms with Crippen molar-refractivity contribution in [2.75, 3.05) is 50.2 Å². The van der Waals surface area contributed by atoms with Crippen molar-refractivity contribution in [3.05, 3.63) is 48.5 Å². The molecule has 2 fully saturated rings. The maximum Gasteiger partial charge on any atom is 0.658 e. The van der Waals surface area contributed by atoms with Crippen LogP contribution < -0.4 is 19.1 Å². The summed E-state index contributed by atoms with van der Waals surface area (Å²) >= 11 is 0. The van der Waals surface area contributed by atoms with E-state index in [0.717, 1.165) is 37.3 Å². The number of carbonyl (C=O) groups is 2. The van der Waals surface area contributed by atoms with Gasteiger partial charge in [-0.15, -0.1) is 0 Å². The highest BCUT2D eigenvalue weighted by atomic mass is 16.6. The maximum atomic E-state index is 11.8. The van der Waals surface area contributed by atoms with Crippen LogP contribution in [0, 0.1) is 11.8 Å². The van der Waals surface area contributed by atoms with Crippen LogP contribution in [0.1, 0.15) is 12.8 Å². The Morgan fingerprint density at radius 1 is 0.788 bits per heavy atom. The van der Waals surface area contributed by atoms with Crippen LogP contribution in [0.3, 0.4) is 0 Å². The molecule has 33 heavy (non-hydrogen) atoms. The smallest absolute Gasteiger partial charge is 0.526 e. The molecule has 9 heteroatoms. The molecule has 0 N–H and O–H groups in total. The summed E-state index contributed by atoms with van der Waals surface area (Å²) in [5, 5.41) is 0. The third-order valence-corrected chi connectivity index (χ3v) is 6.18. The zero-order chi connectivity index (χ0) is 23.2. The van der Waals surface area contributed by atoms with Gasteiger partial charge in [-0.2, -0.15) is 0 Å². The highest BCUT2D eigenvalue weighted by Crippen LogP contribution is 2.29. The molecule has 173 valence electrons. The molecule has 0 saturated carbocycles. The van der Waals surface area contributed by atoms with Gasteiger partial charge in [-0.25, -0.2) is 0 Å². The first-order valence-electron chi connectivity index (χ1n) is 11.1. The molecule has 1 radical (unpaired) electrons. The number of hydrogen-bond donors (Lipinski definition) is 0. The van der Waals surface area contributed by atoms with Gasteiger partial charge < -0.3 is 28.6 Å². The Hall–Kier alpha value is -3.36. The van der Waals surface area contributed by atoms with E-state index < -0.39 is 0 Å². The molecule has 2 unspecified atom stereocenters. The third-order valence-electron chi connectivity index (χ3n) is 6.18. The largest absolute Gasteiger partial charge is 0.658 e. The minimum Gasteiger partial charge on any atom is -0.526 e. The van der Waals surface area contributed by atoms with Crippen molar-refractivity contribution in [1.29, 1.82) is 0 Å². The molecule has 2 saturated heterocycles. The van der Waals surface area contributed by atoms with Crippen molar-refractivity contribution in [2.24, 2.45) is 11.8 Å². The maximum absolute atomic E-state index is 11.8. The van der Waals surface area contributed by atoms with Crippen LogP contribution in [0.15, 0.2) is 48.5 Å². The van der Waals surface area contributed by atoms with E-state index in [-0.39, 0.29) is 23.8 Å². The van der Waals surface area contributed by atoms with Crippen LogP contribution in [-0.4, -0.2) is 60.0 Å². The van der Waals surface area contributed by atoms with Crippen molar-refractivity contribution >= 4 is 31.0 Å². The van der Waals surface area contributed by atoms with E-state index in [0.29, 0.717) is 24.6 Å². The zero-order valence-corrected chi connectivity index (χ0v) is 18.9. The van der Waals surface area contributed by atoms with Crippen LogP contribution in [0.25, 0.3) is 0 Å². The Balaban J connectivity index is 1.30. The number of benzene rings is 2. The molecule has 2 aliphatic heterocycles. The van der Waals surface area contributed by atoms with E-state index in [9.17, 15) is 9.59 Å². The predicted octanol–water partition coefficient (Wildman–Crippen LogP) is 2.68. The van der Waals surface area contributed by atoms with E-state index in [4.69, 9.17) is 18.8 Å². The Morgan fingerprint density at radius 3 is 1.67 bits per heavy atom. The quantitative estimate of drug-likeness (QED) is 0.448. The van der Waals surface area contributed by atoms with Crippen LogP contribution in [0.2, 0.25) is 0 Å². The van der Waals surface area contributed by atoms with Crippen LogP contribution >= 0.6 is 0 Å². The molecular weight excluding hydrogens is 423 g/mol. The molecule has 4 rings (SSSR count). The summed E-state index contributed by atoms with van der Waals surface area (Å²) in [6.07, 6.45) is 1.56. The Morgan fingerprint density at radius 2 is 1.24 bits per heavy atom. The summed E-state index contributed by atoms with van der Waals surface area (Å²) in [6, 6.07) is 15.4. The topological polar surface area (TPSA) is 77.5 Å². The van der Waals surface area contributed by atoms with Crippen LogP contribution in [-0.2, 0) is 19.1 Å². The SMILES string of the molecule is COC(=O)C1CCN(c2cccc(O[B]Oc3cccc(N4CCC(C(=O)OC)C4)c3)c2)C1. The second kappa shape index (κ2) is 10.5. The van der Waals surface area contributed by atoms with Crippen molar-refractivity contribution in [2.45, 2.75) is 12.8 Å². The summed E-state index contributed by atoms with van der Waals surface area (Å²) in [4.78, 5) is 27.9. The number of carbonyl (C=O) groups excluding carboxylic acids is 2. The first kappa shape index (κ1) is 22.8. The summed E-state index contributed by atoms with van der Waals surface area (Å²) in [6.45, 7) is 2.86. The van der Waals surface area contributed by atoms with E-state index in [2.05, 4.69) is 9.80 Å². The molecule has 8 nitrogen and oxygen atoms in total. The van der Waals surface area contributed by atoms with E-state index in [1.165, 1.54) is 21.9 Å². The van der Waals surface area contributed by atoms with Gasteiger partial charge in [0.15, 0.2) is 0 Å². The fourth-order valence-electron chi connectivity index (χ4n) is 4.35. The highest BCUT2D eigenvalue weighted by Gasteiger charge is 2.30. The normalized spacial score (nSPS) is 19.8. The van der Waals surface area contributed by atoms with E-state index in [1.807, 2.05) is 48.5 Å². The molecule has 0 aromatic heterocycles. The molecule has 2 aromatic rings. The summed E-state index contributed by atoms with van der Waals surface area (Å²) in [5.74, 6) is 0.768. The van der Waals surface area contributed by atoms with Crippen molar-refractivity contribution in [1.82, 2.24) is 0 Å². The lowest BCUT2D eigenvalue weighted by Crippen LogP contribution is -2.23. The van der Waals surface area contributed by atoms with E-state index in [1.54, 1.807) is 0 Å². The lowest BCUT2D eigenvalue weighted by Gasteiger charge is -2.20. The zero-order valence-electron chi connectivity index (χ0n) is 18.9. The number of hydrogen-bond acceptors (Lipinski definition) is 8. The Bertz CT molecular complexity index is 909. The standard InChI is InChI=1S/C24H28BN2O6/c1-30-23(28)17-9-11-26(15-17)19-5-3-7-21(13-19)32-25-33-22-8-4-6-20(14-22)27-12-10-18(16-27)24(29)31-2/h3-8,13-14,17-18H,9-12,15-16H2,1-2H3. The molecule has 0 bridgehead atoms. The Kier molecular flexibility index (Phi) is 7.27. The minimum atomic E-state index is -0.163. The van der Waals surface area contributed by atoms with E-state index >= 15 is 0 Å². The number of rotatable bonds is 8. The molecule has 0 spiro atoms. The van der Waals surface area contributed by atoms with Gasteiger partial charge in [0.2, 0.25) is 0 Å². The third kappa shape index (κ3) is 5.53. The van der Waals surface area contributed by atoms with Crippen molar-refractivity contribution < 1.29 is 28.4 Å². The van der Waals surface area contributed by atoms with Crippen molar-refractivity contribution in [3.8, 4) is 11.5 Å². The molecule has 0 amide bonds. The lowest BCUT2D eigenvalue weighted by atomic mass is 10.1. The summed E-state index contributed by atoms with van der Waals surface area (Å²) in [5.41, 5.74) is 1.98. The number of methoxy groups -OCH3 is 2. The van der Waals surface area contributed by atoms with Crippen molar-refractivity contribution in [3.63, 3.8) is 0 Å². The van der Waals surface area contributed by atoms with Gasteiger partial charge in [-0.05, 0) is 37.1 Å². The second-order valence-corrected chi connectivity index (χ2v) is 8.24. The molecular formula is C24H28BN2O6. The monoisotopic (exact) mass is 451 g/mol.